The molecule has 0 unspecified atom stereocenters. The smallest absolute Gasteiger partial charge is 0.179 e. The van der Waals surface area contributed by atoms with Crippen LogP contribution in [-0.2, 0) is 19.7 Å². The molecule has 9 heteroatoms. The normalized spacial score (nSPS) is 26.3. The molecule has 0 saturated carbocycles. The molecule has 2 aliphatic rings. The Hall–Kier alpha value is -3.66. The lowest BCUT2D eigenvalue weighted by Gasteiger charge is -2.41. The number of benzene rings is 4. The van der Waals surface area contributed by atoms with E-state index in [0.29, 0.717) is 39.7 Å². The summed E-state index contributed by atoms with van der Waals surface area (Å²) in [5, 5.41) is 11.7. The zero-order valence-corrected chi connectivity index (χ0v) is 36.0. The lowest BCUT2D eigenvalue weighted by atomic mass is 9.64. The summed E-state index contributed by atoms with van der Waals surface area (Å²) in [6, 6.07) is 30.6. The molecule has 4 aromatic rings. The van der Waals surface area contributed by atoms with Crippen molar-refractivity contribution in [2.75, 3.05) is 25.7 Å². The maximum atomic E-state index is 13.5. The molecule has 2 heterocycles. The highest BCUT2D eigenvalue weighted by Gasteiger charge is 2.49. The lowest BCUT2D eigenvalue weighted by molar-refractivity contribution is 0.0174. The van der Waals surface area contributed by atoms with Gasteiger partial charge in [0.1, 0.15) is 11.5 Å². The van der Waals surface area contributed by atoms with Crippen LogP contribution >= 0.6 is 0 Å². The van der Waals surface area contributed by atoms with Crippen LogP contribution < -0.4 is 9.47 Å². The Labute approximate surface area is 336 Å². The highest BCUT2D eigenvalue weighted by molar-refractivity contribution is 7.91. The van der Waals surface area contributed by atoms with E-state index in [2.05, 4.69) is 39.8 Å². The van der Waals surface area contributed by atoms with E-state index in [1.165, 1.54) is 5.56 Å². The molecule has 0 spiro atoms. The molecule has 2 aliphatic heterocycles. The van der Waals surface area contributed by atoms with Gasteiger partial charge in [0.05, 0.1) is 41.6 Å². The van der Waals surface area contributed by atoms with E-state index in [1.807, 2.05) is 61.5 Å². The van der Waals surface area contributed by atoms with Gasteiger partial charge in [-0.3, -0.25) is 0 Å². The van der Waals surface area contributed by atoms with Crippen molar-refractivity contribution in [2.24, 2.45) is 16.7 Å². The monoisotopic (exact) mass is 802 g/mol. The molecular formula is C47H62O7S2. The zero-order valence-electron chi connectivity index (χ0n) is 34.3. The maximum absolute atomic E-state index is 13.5. The van der Waals surface area contributed by atoms with Crippen molar-refractivity contribution in [1.29, 1.82) is 0 Å². The quantitative estimate of drug-likeness (QED) is 0.152. The first-order chi connectivity index (χ1) is 26.8. The van der Waals surface area contributed by atoms with Gasteiger partial charge in [0.2, 0.25) is 0 Å². The van der Waals surface area contributed by atoms with Crippen molar-refractivity contribution in [1.82, 2.24) is 0 Å². The summed E-state index contributed by atoms with van der Waals surface area (Å²) in [4.78, 5) is 0.786. The molecule has 0 aliphatic carbocycles. The molecule has 6 atom stereocenters. The molecule has 1 N–H and O–H groups in total. The van der Waals surface area contributed by atoms with Gasteiger partial charge in [0.25, 0.3) is 0 Å². The molecule has 0 amide bonds. The zero-order chi connectivity index (χ0) is 40.7. The van der Waals surface area contributed by atoms with Crippen molar-refractivity contribution < 1.29 is 31.4 Å². The van der Waals surface area contributed by atoms with Gasteiger partial charge in [-0.25, -0.2) is 16.8 Å². The first-order valence-corrected chi connectivity index (χ1v) is 23.7. The summed E-state index contributed by atoms with van der Waals surface area (Å²) >= 11 is 0. The van der Waals surface area contributed by atoms with Crippen LogP contribution in [0.4, 0.5) is 0 Å². The molecule has 56 heavy (non-hydrogen) atoms. The van der Waals surface area contributed by atoms with Crippen LogP contribution in [0, 0.1) is 16.7 Å². The van der Waals surface area contributed by atoms with Crippen molar-refractivity contribution >= 4 is 19.7 Å². The van der Waals surface area contributed by atoms with Gasteiger partial charge in [-0.15, -0.1) is 0 Å². The number of hydrogen-bond donors (Lipinski definition) is 1. The number of sulfone groups is 2. The summed E-state index contributed by atoms with van der Waals surface area (Å²) in [5.74, 6) is 1.32. The van der Waals surface area contributed by atoms with Gasteiger partial charge in [-0.2, -0.15) is 0 Å². The fourth-order valence-corrected chi connectivity index (χ4v) is 14.0. The number of aliphatic hydroxyl groups excluding tert-OH is 1. The van der Waals surface area contributed by atoms with Gasteiger partial charge in [0.15, 0.2) is 19.7 Å². The molecule has 6 rings (SSSR count). The Bertz CT molecular complexity index is 1970. The average Bonchev–Trinajstić information content (AvgIpc) is 3.33. The predicted molar refractivity (Wildman–Crippen MR) is 226 cm³/mol. The second kappa shape index (κ2) is 18.3. The minimum absolute atomic E-state index is 0.0275. The van der Waals surface area contributed by atoms with E-state index in [9.17, 15) is 21.9 Å². The molecule has 7 nitrogen and oxygen atoms in total. The summed E-state index contributed by atoms with van der Waals surface area (Å²) in [7, 11) is -3.73. The molecule has 0 aromatic heterocycles. The second-order valence-electron chi connectivity index (χ2n) is 16.0. The van der Waals surface area contributed by atoms with Crippen molar-refractivity contribution in [3.63, 3.8) is 0 Å². The standard InChI is InChI=1S/C24H32O3S.C23H30O4S/c1-5-7-15-24(6-2)17-28(25,26)22-14-13-20(27-4)16-21(22)23(18(24)3)19-11-9-8-10-12-19;1-4-6-14-23(5-2)16-28(25,26)20-13-12-18(27-3)15-19(20)21(22(23)24)17-10-8-7-9-11-17/h8-14,16,18,23H,5-7,15,17H2,1-4H3;7-13,15,21-22,24H,4-6,14,16H2,1-3H3/t18-,23-,24-;21-,22-,23+/m10/s1. The number of hydrogen-bond acceptors (Lipinski definition) is 7. The highest BCUT2D eigenvalue weighted by Crippen LogP contribution is 2.53. The van der Waals surface area contributed by atoms with Crippen molar-refractivity contribution in [3.05, 3.63) is 119 Å². The van der Waals surface area contributed by atoms with Crippen LogP contribution in [0.2, 0.25) is 0 Å². The number of fused-ring (bicyclic) bond motifs is 2. The Morgan fingerprint density at radius 3 is 1.45 bits per heavy atom. The van der Waals surface area contributed by atoms with E-state index < -0.39 is 37.1 Å². The molecular weight excluding hydrogens is 741 g/mol. The third kappa shape index (κ3) is 8.75. The second-order valence-corrected chi connectivity index (χ2v) is 19.9. The summed E-state index contributed by atoms with van der Waals surface area (Å²) in [6.45, 7) is 10.7. The van der Waals surface area contributed by atoms with Crippen LogP contribution in [-0.4, -0.2) is 53.8 Å². The van der Waals surface area contributed by atoms with Gasteiger partial charge in [-0.05, 0) is 95.7 Å². The van der Waals surface area contributed by atoms with E-state index in [1.54, 1.807) is 44.6 Å². The first-order valence-electron chi connectivity index (χ1n) is 20.4. The molecule has 4 aromatic carbocycles. The highest BCUT2D eigenvalue weighted by atomic mass is 32.2. The Morgan fingerprint density at radius 1 is 0.607 bits per heavy atom. The molecule has 0 bridgehead atoms. The molecule has 0 fully saturated rings. The van der Waals surface area contributed by atoms with Gasteiger partial charge >= 0.3 is 0 Å². The molecule has 0 radical (unpaired) electrons. The van der Waals surface area contributed by atoms with Gasteiger partial charge in [-0.1, -0.05) is 121 Å². The minimum atomic E-state index is -3.54. The van der Waals surface area contributed by atoms with Crippen LogP contribution in [0.3, 0.4) is 0 Å². The van der Waals surface area contributed by atoms with Gasteiger partial charge in [0, 0.05) is 17.3 Å². The van der Waals surface area contributed by atoms with E-state index >= 15 is 0 Å². The lowest BCUT2D eigenvalue weighted by Crippen LogP contribution is -2.42. The van der Waals surface area contributed by atoms with E-state index in [4.69, 9.17) is 9.47 Å². The number of ether oxygens (including phenoxy) is 2. The fourth-order valence-electron chi connectivity index (χ4n) is 9.45. The minimum Gasteiger partial charge on any atom is -0.497 e. The topological polar surface area (TPSA) is 107 Å². The Kier molecular flexibility index (Phi) is 14.2. The van der Waals surface area contributed by atoms with Crippen LogP contribution in [0.15, 0.2) is 107 Å². The molecule has 304 valence electrons. The van der Waals surface area contributed by atoms with Crippen LogP contribution in [0.1, 0.15) is 120 Å². The van der Waals surface area contributed by atoms with Crippen molar-refractivity contribution in [2.45, 2.75) is 114 Å². The third-order valence-corrected chi connectivity index (χ3v) is 16.9. The Balaban J connectivity index is 0.000000214. The van der Waals surface area contributed by atoms with Gasteiger partial charge < -0.3 is 14.6 Å². The fraction of sp³-hybridized carbons (Fsp3) is 0.489. The maximum Gasteiger partial charge on any atom is 0.179 e. The number of methoxy groups -OCH3 is 2. The summed E-state index contributed by atoms with van der Waals surface area (Å²) < 4.78 is 64.7. The third-order valence-electron chi connectivity index (χ3n) is 12.9. The number of aliphatic hydroxyl groups is 1. The summed E-state index contributed by atoms with van der Waals surface area (Å²) in [5.41, 5.74) is 2.70. The van der Waals surface area contributed by atoms with Crippen molar-refractivity contribution in [3.8, 4) is 11.5 Å². The van der Waals surface area contributed by atoms with Crippen LogP contribution in [0.5, 0.6) is 11.5 Å². The first kappa shape index (κ1) is 43.5. The van der Waals surface area contributed by atoms with E-state index in [0.717, 1.165) is 49.7 Å². The number of rotatable bonds is 12. The Morgan fingerprint density at radius 2 is 1.02 bits per heavy atom. The van der Waals surface area contributed by atoms with Crippen LogP contribution in [0.25, 0.3) is 0 Å². The number of unbranched alkanes of at least 4 members (excludes halogenated alkanes) is 2. The largest absolute Gasteiger partial charge is 0.497 e. The predicted octanol–water partition coefficient (Wildman–Crippen LogP) is 10.4. The molecule has 0 saturated heterocycles. The SMILES string of the molecule is CCCC[C@]1(CC)CS(=O)(=O)c2ccc(OC)cc2[C@@H](c2ccccc2)[C@H]1C.CCCC[C@]1(CC)CS(=O)(=O)c2ccc(OC)cc2[C@H](c2ccccc2)[C@@H]1O. The summed E-state index contributed by atoms with van der Waals surface area (Å²) in [6.07, 6.45) is 6.29. The average molecular weight is 803 g/mol. The van der Waals surface area contributed by atoms with E-state index in [-0.39, 0.29) is 28.8 Å².